The highest BCUT2D eigenvalue weighted by atomic mass is 16.6. The molecule has 1 aliphatic rings. The van der Waals surface area contributed by atoms with Crippen LogP contribution in [-0.2, 0) is 9.59 Å². The second kappa shape index (κ2) is 10.5. The number of carbonyl (C=O) groups excluding carboxylic acids is 2. The minimum absolute atomic E-state index is 0.0924. The maximum absolute atomic E-state index is 13.3. The summed E-state index contributed by atoms with van der Waals surface area (Å²) in [5.74, 6) is -1.44. The molecule has 1 amide bonds. The van der Waals surface area contributed by atoms with E-state index in [1.165, 1.54) is 36.3 Å². The lowest BCUT2D eigenvalue weighted by atomic mass is 9.94. The van der Waals surface area contributed by atoms with Crippen molar-refractivity contribution < 1.29 is 24.4 Å². The van der Waals surface area contributed by atoms with Gasteiger partial charge >= 0.3 is 0 Å². The van der Waals surface area contributed by atoms with Crippen LogP contribution < -0.4 is 14.5 Å². The molecule has 0 spiro atoms. The summed E-state index contributed by atoms with van der Waals surface area (Å²) in [7, 11) is 1.53. The van der Waals surface area contributed by atoms with Crippen LogP contribution in [0.1, 0.15) is 31.0 Å². The van der Waals surface area contributed by atoms with Gasteiger partial charge in [-0.25, -0.2) is 0 Å². The Morgan fingerprint density at radius 3 is 2.08 bits per heavy atom. The number of nitrogens with zero attached hydrogens (tertiary/aromatic N) is 3. The molecule has 3 aromatic rings. The molecule has 0 saturated carbocycles. The molecule has 1 fully saturated rings. The van der Waals surface area contributed by atoms with Gasteiger partial charge in [0.25, 0.3) is 17.4 Å². The number of ketones is 1. The van der Waals surface area contributed by atoms with Gasteiger partial charge in [0.1, 0.15) is 11.5 Å². The molecule has 1 atom stereocenters. The number of hydrogen-bond donors (Lipinski definition) is 1. The number of nitro groups is 1. The Bertz CT molecular complexity index is 1340. The normalized spacial score (nSPS) is 16.6. The fourth-order valence-electron chi connectivity index (χ4n) is 4.51. The molecule has 9 nitrogen and oxygen atoms in total. The number of hydrogen-bond acceptors (Lipinski definition) is 7. The van der Waals surface area contributed by atoms with Crippen LogP contribution in [0.4, 0.5) is 17.1 Å². The van der Waals surface area contributed by atoms with E-state index >= 15 is 0 Å². The summed E-state index contributed by atoms with van der Waals surface area (Å²) in [5.41, 5.74) is 2.04. The molecule has 9 heteroatoms. The lowest BCUT2D eigenvalue weighted by molar-refractivity contribution is -0.384. The highest BCUT2D eigenvalue weighted by molar-refractivity contribution is 6.51. The van der Waals surface area contributed by atoms with Gasteiger partial charge in [0, 0.05) is 42.2 Å². The molecule has 1 aliphatic heterocycles. The van der Waals surface area contributed by atoms with Crippen molar-refractivity contribution in [3.63, 3.8) is 0 Å². The van der Waals surface area contributed by atoms with E-state index in [4.69, 9.17) is 4.74 Å². The fraction of sp³-hybridized carbons (Fsp3) is 0.214. The van der Waals surface area contributed by atoms with Crippen LogP contribution in [0.5, 0.6) is 5.75 Å². The molecule has 1 saturated heterocycles. The molecular weight excluding hydrogens is 474 g/mol. The van der Waals surface area contributed by atoms with Crippen LogP contribution in [0.15, 0.2) is 78.4 Å². The van der Waals surface area contributed by atoms with Gasteiger partial charge in [-0.1, -0.05) is 12.1 Å². The molecule has 1 N–H and O–H groups in total. The van der Waals surface area contributed by atoms with Crippen molar-refractivity contribution in [2.75, 3.05) is 30.0 Å². The fourth-order valence-corrected chi connectivity index (χ4v) is 4.51. The Labute approximate surface area is 214 Å². The predicted molar refractivity (Wildman–Crippen MR) is 141 cm³/mol. The number of carbonyl (C=O) groups is 2. The molecule has 0 aliphatic carbocycles. The second-order valence-electron chi connectivity index (χ2n) is 8.43. The minimum atomic E-state index is -0.908. The van der Waals surface area contributed by atoms with Crippen molar-refractivity contribution in [2.45, 2.75) is 19.9 Å². The van der Waals surface area contributed by atoms with Gasteiger partial charge in [0.05, 0.1) is 23.6 Å². The van der Waals surface area contributed by atoms with Crippen LogP contribution in [0.2, 0.25) is 0 Å². The molecule has 190 valence electrons. The Morgan fingerprint density at radius 1 is 0.973 bits per heavy atom. The van der Waals surface area contributed by atoms with E-state index < -0.39 is 28.4 Å². The van der Waals surface area contributed by atoms with E-state index in [0.29, 0.717) is 17.0 Å². The first-order valence-electron chi connectivity index (χ1n) is 11.9. The Hall–Kier alpha value is -4.66. The smallest absolute Gasteiger partial charge is 0.300 e. The second-order valence-corrected chi connectivity index (χ2v) is 8.43. The molecule has 1 heterocycles. The summed E-state index contributed by atoms with van der Waals surface area (Å²) >= 11 is 0. The standard InChI is InChI=1S/C28H27N3O6/c1-4-29(5-2)20-10-6-18(7-11-20)25-24(26(32)19-8-12-22(13-9-19)31(35)36)27(33)28(34)30(25)21-14-16-23(37-3)17-15-21/h6-17,25,32H,4-5H2,1-3H3/b26-24-. The maximum atomic E-state index is 13.3. The average molecular weight is 502 g/mol. The van der Waals surface area contributed by atoms with Crippen molar-refractivity contribution in [1.82, 2.24) is 0 Å². The molecule has 0 aromatic heterocycles. The van der Waals surface area contributed by atoms with Crippen molar-refractivity contribution >= 4 is 34.5 Å². The van der Waals surface area contributed by atoms with Crippen LogP contribution in [0, 0.1) is 10.1 Å². The van der Waals surface area contributed by atoms with Gasteiger partial charge < -0.3 is 14.7 Å². The zero-order chi connectivity index (χ0) is 26.7. The van der Waals surface area contributed by atoms with Crippen LogP contribution in [0.3, 0.4) is 0 Å². The van der Waals surface area contributed by atoms with Crippen molar-refractivity contribution in [3.05, 3.63) is 99.6 Å². The Balaban J connectivity index is 1.87. The van der Waals surface area contributed by atoms with Crippen LogP contribution in [0.25, 0.3) is 5.76 Å². The number of non-ortho nitro benzene ring substituents is 1. The number of aliphatic hydroxyl groups is 1. The number of rotatable bonds is 8. The number of nitro benzene ring substituents is 1. The first-order chi connectivity index (χ1) is 17.8. The average Bonchev–Trinajstić information content (AvgIpc) is 3.19. The van der Waals surface area contributed by atoms with Crippen molar-refractivity contribution in [3.8, 4) is 5.75 Å². The summed E-state index contributed by atoms with van der Waals surface area (Å²) < 4.78 is 5.22. The third-order valence-corrected chi connectivity index (χ3v) is 6.48. The summed E-state index contributed by atoms with van der Waals surface area (Å²) in [6.45, 7) is 5.75. The Kier molecular flexibility index (Phi) is 7.24. The summed E-state index contributed by atoms with van der Waals surface area (Å²) in [4.78, 5) is 40.6. The zero-order valence-corrected chi connectivity index (χ0v) is 20.7. The van der Waals surface area contributed by atoms with E-state index in [-0.39, 0.29) is 16.8 Å². The lowest BCUT2D eigenvalue weighted by Crippen LogP contribution is -2.29. The third kappa shape index (κ3) is 4.75. The third-order valence-electron chi connectivity index (χ3n) is 6.48. The van der Waals surface area contributed by atoms with Gasteiger partial charge in [-0.2, -0.15) is 0 Å². The first-order valence-corrected chi connectivity index (χ1v) is 11.9. The van der Waals surface area contributed by atoms with E-state index in [2.05, 4.69) is 18.7 Å². The molecule has 0 radical (unpaired) electrons. The lowest BCUT2D eigenvalue weighted by Gasteiger charge is -2.27. The van der Waals surface area contributed by atoms with Gasteiger partial charge in [-0.15, -0.1) is 0 Å². The number of methoxy groups -OCH3 is 1. The summed E-state index contributed by atoms with van der Waals surface area (Å²) in [6, 6.07) is 18.5. The first kappa shape index (κ1) is 25.4. The number of benzene rings is 3. The molecule has 1 unspecified atom stereocenters. The van der Waals surface area contributed by atoms with Crippen molar-refractivity contribution in [1.29, 1.82) is 0 Å². The maximum Gasteiger partial charge on any atom is 0.300 e. The SMILES string of the molecule is CCN(CC)c1ccc(C2/C(=C(/O)c3ccc([N+](=O)[O-])cc3)C(=O)C(=O)N2c2ccc(OC)cc2)cc1. The van der Waals surface area contributed by atoms with Gasteiger partial charge in [0.2, 0.25) is 0 Å². The van der Waals surface area contributed by atoms with Crippen molar-refractivity contribution in [2.24, 2.45) is 0 Å². The molecule has 37 heavy (non-hydrogen) atoms. The molecule has 3 aromatic carbocycles. The summed E-state index contributed by atoms with van der Waals surface area (Å²) in [6.07, 6.45) is 0. The largest absolute Gasteiger partial charge is 0.507 e. The minimum Gasteiger partial charge on any atom is -0.507 e. The van der Waals surface area contributed by atoms with Gasteiger partial charge in [-0.3, -0.25) is 24.6 Å². The molecule has 4 rings (SSSR count). The number of ether oxygens (including phenoxy) is 1. The highest BCUT2D eigenvalue weighted by Gasteiger charge is 2.47. The summed E-state index contributed by atoms with van der Waals surface area (Å²) in [5, 5.41) is 22.3. The van der Waals surface area contributed by atoms with Gasteiger partial charge in [-0.05, 0) is 67.9 Å². The van der Waals surface area contributed by atoms with E-state index in [1.807, 2.05) is 24.3 Å². The number of Topliss-reactive ketones (excluding diaryl/α,β-unsaturated/α-hetero) is 1. The highest BCUT2D eigenvalue weighted by Crippen LogP contribution is 2.43. The number of anilines is 2. The van der Waals surface area contributed by atoms with E-state index in [0.717, 1.165) is 18.8 Å². The van der Waals surface area contributed by atoms with E-state index in [1.54, 1.807) is 24.3 Å². The zero-order valence-electron chi connectivity index (χ0n) is 20.7. The number of aliphatic hydroxyl groups excluding tert-OH is 1. The predicted octanol–water partition coefficient (Wildman–Crippen LogP) is 5.08. The van der Waals surface area contributed by atoms with Gasteiger partial charge in [0.15, 0.2) is 0 Å². The van der Waals surface area contributed by atoms with Crippen LogP contribution >= 0.6 is 0 Å². The topological polar surface area (TPSA) is 113 Å². The Morgan fingerprint density at radius 2 is 1.57 bits per heavy atom. The van der Waals surface area contributed by atoms with E-state index in [9.17, 15) is 24.8 Å². The number of amides is 1. The monoisotopic (exact) mass is 501 g/mol. The molecule has 0 bridgehead atoms. The quantitative estimate of drug-likeness (QED) is 0.151. The molecular formula is C28H27N3O6. The van der Waals surface area contributed by atoms with Crippen LogP contribution in [-0.4, -0.2) is 41.9 Å².